The minimum absolute atomic E-state index is 0.371. The van der Waals surface area contributed by atoms with E-state index in [1.165, 1.54) is 7.11 Å². The van der Waals surface area contributed by atoms with Crippen molar-refractivity contribution in [2.24, 2.45) is 5.73 Å². The Morgan fingerprint density at radius 1 is 1.64 bits per heavy atom. The number of hydrogen-bond acceptors (Lipinski definition) is 3. The van der Waals surface area contributed by atoms with Crippen molar-refractivity contribution in [3.63, 3.8) is 0 Å². The van der Waals surface area contributed by atoms with Crippen molar-refractivity contribution in [1.82, 2.24) is 0 Å². The van der Waals surface area contributed by atoms with Gasteiger partial charge in [0.2, 0.25) is 0 Å². The van der Waals surface area contributed by atoms with Crippen molar-refractivity contribution >= 4 is 28.6 Å². The molecule has 0 aliphatic heterocycles. The van der Waals surface area contributed by atoms with Crippen molar-refractivity contribution in [1.29, 1.82) is 0 Å². The predicted molar refractivity (Wildman–Crippen MR) is 62.9 cm³/mol. The Morgan fingerprint density at radius 2 is 2.36 bits per heavy atom. The SMILES string of the molecule is COC(=O)[C@@H](N)Cc1cccc(I)c1. The Bertz CT molecular complexity index is 328. The van der Waals surface area contributed by atoms with Gasteiger partial charge in [0.05, 0.1) is 7.11 Å². The van der Waals surface area contributed by atoms with E-state index in [9.17, 15) is 4.79 Å². The molecule has 2 N–H and O–H groups in total. The van der Waals surface area contributed by atoms with Crippen LogP contribution in [0.25, 0.3) is 0 Å². The number of rotatable bonds is 3. The molecule has 0 spiro atoms. The van der Waals surface area contributed by atoms with E-state index in [-0.39, 0.29) is 5.97 Å². The third-order valence-corrected chi connectivity index (χ3v) is 2.52. The molecule has 0 bridgehead atoms. The lowest BCUT2D eigenvalue weighted by atomic mass is 10.1. The summed E-state index contributed by atoms with van der Waals surface area (Å²) in [4.78, 5) is 11.1. The second-order valence-corrected chi connectivity index (χ2v) is 4.21. The number of halogens is 1. The third kappa shape index (κ3) is 3.26. The smallest absolute Gasteiger partial charge is 0.322 e. The van der Waals surface area contributed by atoms with Gasteiger partial charge in [-0.25, -0.2) is 0 Å². The van der Waals surface area contributed by atoms with Gasteiger partial charge < -0.3 is 10.5 Å². The summed E-state index contributed by atoms with van der Waals surface area (Å²) in [6, 6.07) is 7.32. The van der Waals surface area contributed by atoms with Crippen molar-refractivity contribution in [2.45, 2.75) is 12.5 Å². The fourth-order valence-corrected chi connectivity index (χ4v) is 1.76. The van der Waals surface area contributed by atoms with E-state index in [0.29, 0.717) is 6.42 Å². The highest BCUT2D eigenvalue weighted by Crippen LogP contribution is 2.09. The molecule has 0 saturated heterocycles. The number of nitrogens with two attached hydrogens (primary N) is 1. The van der Waals surface area contributed by atoms with Gasteiger partial charge in [-0.3, -0.25) is 4.79 Å². The van der Waals surface area contributed by atoms with Gasteiger partial charge in [-0.2, -0.15) is 0 Å². The van der Waals surface area contributed by atoms with E-state index < -0.39 is 6.04 Å². The fraction of sp³-hybridized carbons (Fsp3) is 0.300. The summed E-state index contributed by atoms with van der Waals surface area (Å²) < 4.78 is 5.68. The highest BCUT2D eigenvalue weighted by molar-refractivity contribution is 14.1. The number of benzene rings is 1. The summed E-state index contributed by atoms with van der Waals surface area (Å²) in [5.41, 5.74) is 6.68. The maximum absolute atomic E-state index is 11.1. The van der Waals surface area contributed by atoms with Crippen LogP contribution in [0.3, 0.4) is 0 Å². The third-order valence-electron chi connectivity index (χ3n) is 1.85. The van der Waals surface area contributed by atoms with Gasteiger partial charge in [0.15, 0.2) is 0 Å². The summed E-state index contributed by atoms with van der Waals surface area (Å²) >= 11 is 2.22. The molecule has 1 aromatic rings. The normalized spacial score (nSPS) is 12.2. The van der Waals surface area contributed by atoms with Gasteiger partial charge in [0, 0.05) is 3.57 Å². The molecule has 0 saturated carbocycles. The molecule has 0 amide bonds. The number of hydrogen-bond donors (Lipinski definition) is 1. The van der Waals surface area contributed by atoms with Crippen LogP contribution >= 0.6 is 22.6 Å². The largest absolute Gasteiger partial charge is 0.468 e. The van der Waals surface area contributed by atoms with Gasteiger partial charge in [-0.15, -0.1) is 0 Å². The van der Waals surface area contributed by atoms with Crippen LogP contribution in [0.4, 0.5) is 0 Å². The van der Waals surface area contributed by atoms with Crippen LogP contribution in [0.1, 0.15) is 5.56 Å². The molecule has 0 fully saturated rings. The Hall–Kier alpha value is -0.620. The standard InChI is InChI=1S/C10H12INO2/c1-14-10(13)9(12)6-7-3-2-4-8(11)5-7/h2-5,9H,6,12H2,1H3/t9-/m0/s1. The van der Waals surface area contributed by atoms with Crippen LogP contribution in [0.2, 0.25) is 0 Å². The molecule has 1 atom stereocenters. The van der Waals surface area contributed by atoms with Crippen LogP contribution in [0.5, 0.6) is 0 Å². The quantitative estimate of drug-likeness (QED) is 0.677. The second kappa shape index (κ2) is 5.31. The van der Waals surface area contributed by atoms with Gasteiger partial charge >= 0.3 is 5.97 Å². The summed E-state index contributed by atoms with van der Waals surface area (Å²) in [6.45, 7) is 0. The average Bonchev–Trinajstić information content (AvgIpc) is 2.16. The molecular weight excluding hydrogens is 293 g/mol. The van der Waals surface area contributed by atoms with Crippen molar-refractivity contribution in [2.75, 3.05) is 7.11 Å². The average molecular weight is 305 g/mol. The predicted octanol–water partition coefficient (Wildman–Crippen LogP) is 1.33. The highest BCUT2D eigenvalue weighted by atomic mass is 127. The Morgan fingerprint density at radius 3 is 2.93 bits per heavy atom. The number of esters is 1. The molecule has 3 nitrogen and oxygen atoms in total. The molecule has 0 radical (unpaired) electrons. The number of methoxy groups -OCH3 is 1. The molecule has 0 unspecified atom stereocenters. The van der Waals surface area contributed by atoms with Gasteiger partial charge in [-0.1, -0.05) is 12.1 Å². The first-order valence-electron chi connectivity index (χ1n) is 4.21. The lowest BCUT2D eigenvalue weighted by Gasteiger charge is -2.08. The van der Waals surface area contributed by atoms with Crippen molar-refractivity contribution in [3.8, 4) is 0 Å². The van der Waals surface area contributed by atoms with Gasteiger partial charge in [0.25, 0.3) is 0 Å². The Kier molecular flexibility index (Phi) is 4.34. The van der Waals surface area contributed by atoms with E-state index in [4.69, 9.17) is 5.73 Å². The van der Waals surface area contributed by atoms with Gasteiger partial charge in [-0.05, 0) is 46.7 Å². The molecule has 14 heavy (non-hydrogen) atoms. The van der Waals surface area contributed by atoms with E-state index in [1.807, 2.05) is 24.3 Å². The molecular formula is C10H12INO2. The van der Waals surface area contributed by atoms with Crippen molar-refractivity contribution < 1.29 is 9.53 Å². The zero-order valence-electron chi connectivity index (χ0n) is 7.87. The summed E-state index contributed by atoms with van der Waals surface area (Å²) in [7, 11) is 1.34. The van der Waals surface area contributed by atoms with Crippen LogP contribution in [0, 0.1) is 3.57 Å². The summed E-state index contributed by atoms with van der Waals surface area (Å²) in [5, 5.41) is 0. The molecule has 0 heterocycles. The molecule has 76 valence electrons. The maximum Gasteiger partial charge on any atom is 0.322 e. The first-order chi connectivity index (χ1) is 6.63. The molecule has 1 rings (SSSR count). The first kappa shape index (κ1) is 11.5. The topological polar surface area (TPSA) is 52.3 Å². The zero-order valence-corrected chi connectivity index (χ0v) is 10.0. The molecule has 0 aliphatic carbocycles. The first-order valence-corrected chi connectivity index (χ1v) is 5.29. The minimum atomic E-state index is -0.571. The number of ether oxygens (including phenoxy) is 1. The van der Waals surface area contributed by atoms with Gasteiger partial charge in [0.1, 0.15) is 6.04 Å². The fourth-order valence-electron chi connectivity index (χ4n) is 1.15. The van der Waals surface area contributed by atoms with Crippen LogP contribution in [-0.2, 0) is 16.0 Å². The van der Waals surface area contributed by atoms with Crippen LogP contribution < -0.4 is 5.73 Å². The maximum atomic E-state index is 11.1. The number of carbonyl (C=O) groups is 1. The van der Waals surface area contributed by atoms with E-state index in [0.717, 1.165) is 9.13 Å². The zero-order chi connectivity index (χ0) is 10.6. The Balaban J connectivity index is 2.64. The second-order valence-electron chi connectivity index (χ2n) is 2.96. The van der Waals surface area contributed by atoms with Crippen LogP contribution in [0.15, 0.2) is 24.3 Å². The number of carbonyl (C=O) groups excluding carboxylic acids is 1. The van der Waals surface area contributed by atoms with Crippen molar-refractivity contribution in [3.05, 3.63) is 33.4 Å². The monoisotopic (exact) mass is 305 g/mol. The van der Waals surface area contributed by atoms with Crippen LogP contribution in [-0.4, -0.2) is 19.1 Å². The summed E-state index contributed by atoms with van der Waals surface area (Å²) in [5.74, 6) is -0.371. The lowest BCUT2D eigenvalue weighted by Crippen LogP contribution is -2.33. The molecule has 4 heteroatoms. The highest BCUT2D eigenvalue weighted by Gasteiger charge is 2.13. The van der Waals surface area contributed by atoms with E-state index >= 15 is 0 Å². The summed E-state index contributed by atoms with van der Waals surface area (Å²) in [6.07, 6.45) is 0.517. The van der Waals surface area contributed by atoms with E-state index in [1.54, 1.807) is 0 Å². The molecule has 0 aliphatic rings. The molecule has 1 aromatic carbocycles. The lowest BCUT2D eigenvalue weighted by molar-refractivity contribution is -0.142. The molecule has 0 aromatic heterocycles. The minimum Gasteiger partial charge on any atom is -0.468 e. The Labute approximate surface area is 96.8 Å². The van der Waals surface area contributed by atoms with E-state index in [2.05, 4.69) is 27.3 Å².